The number of aromatic amines is 1. The molecule has 0 aliphatic heterocycles. The van der Waals surface area contributed by atoms with E-state index in [1.165, 1.54) is 0 Å². The van der Waals surface area contributed by atoms with Crippen LogP contribution in [0.4, 0.5) is 0 Å². The standard InChI is InChI=1S/C20H24N2O2S/c1-13-9-10-20(15(3)14(13)2)25(23,24)21-12-11-17-16(4)22-19-8-6-5-7-18(17)19/h5-10,21-22H,11-12H2,1-4H3. The number of sulfonamides is 1. The van der Waals surface area contributed by atoms with E-state index in [-0.39, 0.29) is 0 Å². The average molecular weight is 356 g/mol. The van der Waals surface area contributed by atoms with E-state index < -0.39 is 10.0 Å². The second-order valence-electron chi connectivity index (χ2n) is 6.55. The number of hydrogen-bond acceptors (Lipinski definition) is 2. The number of para-hydroxylation sites is 1. The van der Waals surface area contributed by atoms with Gasteiger partial charge in [0.2, 0.25) is 10.0 Å². The van der Waals surface area contributed by atoms with Gasteiger partial charge in [-0.2, -0.15) is 0 Å². The Labute approximate surface area is 149 Å². The molecule has 0 fully saturated rings. The fourth-order valence-corrected chi connectivity index (χ4v) is 4.60. The zero-order valence-corrected chi connectivity index (χ0v) is 15.9. The van der Waals surface area contributed by atoms with Crippen molar-refractivity contribution in [1.82, 2.24) is 9.71 Å². The molecule has 1 aromatic heterocycles. The summed E-state index contributed by atoms with van der Waals surface area (Å²) >= 11 is 0. The van der Waals surface area contributed by atoms with E-state index in [0.717, 1.165) is 38.9 Å². The van der Waals surface area contributed by atoms with Crippen LogP contribution in [0.1, 0.15) is 27.9 Å². The van der Waals surface area contributed by atoms with Crippen LogP contribution in [0.25, 0.3) is 10.9 Å². The Morgan fingerprint density at radius 3 is 2.44 bits per heavy atom. The SMILES string of the molecule is Cc1ccc(S(=O)(=O)NCCc2c(C)[nH]c3ccccc23)c(C)c1C. The number of H-pyrrole nitrogens is 1. The third-order valence-corrected chi connectivity index (χ3v) is 6.60. The number of nitrogens with one attached hydrogen (secondary N) is 2. The predicted molar refractivity (Wildman–Crippen MR) is 103 cm³/mol. The highest BCUT2D eigenvalue weighted by atomic mass is 32.2. The molecular weight excluding hydrogens is 332 g/mol. The Kier molecular flexibility index (Phi) is 4.71. The fraction of sp³-hybridized carbons (Fsp3) is 0.300. The molecule has 0 aliphatic carbocycles. The molecule has 4 nitrogen and oxygen atoms in total. The summed E-state index contributed by atoms with van der Waals surface area (Å²) in [5.41, 5.74) is 6.28. The summed E-state index contributed by atoms with van der Waals surface area (Å²) < 4.78 is 28.1. The zero-order valence-electron chi connectivity index (χ0n) is 15.1. The average Bonchev–Trinajstić information content (AvgIpc) is 2.88. The van der Waals surface area contributed by atoms with E-state index in [9.17, 15) is 8.42 Å². The molecule has 5 heteroatoms. The molecule has 25 heavy (non-hydrogen) atoms. The van der Waals surface area contributed by atoms with Crippen LogP contribution in [0.15, 0.2) is 41.3 Å². The first-order valence-corrected chi connectivity index (χ1v) is 9.92. The quantitative estimate of drug-likeness (QED) is 0.728. The van der Waals surface area contributed by atoms with E-state index in [4.69, 9.17) is 0 Å². The summed E-state index contributed by atoms with van der Waals surface area (Å²) in [6.07, 6.45) is 0.652. The Bertz CT molecular complexity index is 1030. The van der Waals surface area contributed by atoms with Crippen LogP contribution in [-0.4, -0.2) is 19.9 Å². The first-order valence-electron chi connectivity index (χ1n) is 8.44. The summed E-state index contributed by atoms with van der Waals surface area (Å²) in [5, 5.41) is 1.15. The minimum Gasteiger partial charge on any atom is -0.358 e. The van der Waals surface area contributed by atoms with Crippen molar-refractivity contribution in [2.75, 3.05) is 6.54 Å². The predicted octanol–water partition coefficient (Wildman–Crippen LogP) is 3.92. The molecule has 0 saturated carbocycles. The van der Waals surface area contributed by atoms with Gasteiger partial charge in [0.25, 0.3) is 0 Å². The van der Waals surface area contributed by atoms with Gasteiger partial charge in [0.1, 0.15) is 0 Å². The number of rotatable bonds is 5. The molecule has 0 aliphatic rings. The lowest BCUT2D eigenvalue weighted by atomic mass is 10.1. The normalized spacial score (nSPS) is 12.0. The Balaban J connectivity index is 1.79. The molecular formula is C20H24N2O2S. The second kappa shape index (κ2) is 6.65. The number of aryl methyl sites for hydroxylation is 2. The number of aromatic nitrogens is 1. The Morgan fingerprint density at radius 1 is 0.960 bits per heavy atom. The van der Waals surface area contributed by atoms with E-state index in [1.807, 2.05) is 52.0 Å². The van der Waals surface area contributed by atoms with Crippen LogP contribution in [0.2, 0.25) is 0 Å². The van der Waals surface area contributed by atoms with Gasteiger partial charge in [-0.3, -0.25) is 0 Å². The van der Waals surface area contributed by atoms with Crippen LogP contribution < -0.4 is 4.72 Å². The highest BCUT2D eigenvalue weighted by Crippen LogP contribution is 2.23. The highest BCUT2D eigenvalue weighted by Gasteiger charge is 2.18. The molecule has 0 radical (unpaired) electrons. The molecule has 0 atom stereocenters. The maximum absolute atomic E-state index is 12.7. The molecule has 0 spiro atoms. The summed E-state index contributed by atoms with van der Waals surface area (Å²) in [6, 6.07) is 11.7. The number of hydrogen-bond donors (Lipinski definition) is 2. The summed E-state index contributed by atoms with van der Waals surface area (Å²) in [6.45, 7) is 8.21. The lowest BCUT2D eigenvalue weighted by Crippen LogP contribution is -2.27. The van der Waals surface area contributed by atoms with Gasteiger partial charge in [0, 0.05) is 23.1 Å². The summed E-state index contributed by atoms with van der Waals surface area (Å²) in [7, 11) is -3.51. The van der Waals surface area contributed by atoms with Crippen molar-refractivity contribution in [3.05, 3.63) is 64.3 Å². The van der Waals surface area contributed by atoms with Crippen molar-refractivity contribution in [3.8, 4) is 0 Å². The minimum atomic E-state index is -3.51. The van der Waals surface area contributed by atoms with Gasteiger partial charge < -0.3 is 4.98 Å². The molecule has 2 aromatic carbocycles. The summed E-state index contributed by atoms with van der Waals surface area (Å²) in [5.74, 6) is 0. The number of fused-ring (bicyclic) bond motifs is 1. The maximum Gasteiger partial charge on any atom is 0.240 e. The maximum atomic E-state index is 12.7. The van der Waals surface area contributed by atoms with Gasteiger partial charge in [-0.25, -0.2) is 13.1 Å². The van der Waals surface area contributed by atoms with Gasteiger partial charge in [-0.15, -0.1) is 0 Å². The van der Waals surface area contributed by atoms with Crippen LogP contribution >= 0.6 is 0 Å². The molecule has 0 amide bonds. The smallest absolute Gasteiger partial charge is 0.240 e. The van der Waals surface area contributed by atoms with Gasteiger partial charge in [-0.1, -0.05) is 24.3 Å². The van der Waals surface area contributed by atoms with Crippen molar-refractivity contribution >= 4 is 20.9 Å². The lowest BCUT2D eigenvalue weighted by Gasteiger charge is -2.13. The van der Waals surface area contributed by atoms with Crippen molar-refractivity contribution in [1.29, 1.82) is 0 Å². The molecule has 0 unspecified atom stereocenters. The van der Waals surface area contributed by atoms with Crippen LogP contribution in [0.5, 0.6) is 0 Å². The second-order valence-corrected chi connectivity index (χ2v) is 8.29. The molecule has 3 aromatic rings. The number of benzene rings is 2. The van der Waals surface area contributed by atoms with Gasteiger partial charge in [0.15, 0.2) is 0 Å². The minimum absolute atomic E-state index is 0.367. The molecule has 0 saturated heterocycles. The van der Waals surface area contributed by atoms with Crippen LogP contribution in [0.3, 0.4) is 0 Å². The van der Waals surface area contributed by atoms with Crippen molar-refractivity contribution in [2.45, 2.75) is 39.0 Å². The molecule has 0 bridgehead atoms. The lowest BCUT2D eigenvalue weighted by molar-refractivity contribution is 0.581. The fourth-order valence-electron chi connectivity index (χ4n) is 3.27. The van der Waals surface area contributed by atoms with Gasteiger partial charge in [0.05, 0.1) is 4.90 Å². The Morgan fingerprint density at radius 2 is 1.68 bits per heavy atom. The first-order chi connectivity index (χ1) is 11.8. The van der Waals surface area contributed by atoms with Gasteiger partial charge >= 0.3 is 0 Å². The molecule has 3 rings (SSSR count). The van der Waals surface area contributed by atoms with E-state index in [2.05, 4.69) is 15.8 Å². The van der Waals surface area contributed by atoms with Gasteiger partial charge in [-0.05, 0) is 68.5 Å². The first kappa shape index (κ1) is 17.7. The van der Waals surface area contributed by atoms with Crippen molar-refractivity contribution in [3.63, 3.8) is 0 Å². The van der Waals surface area contributed by atoms with Crippen molar-refractivity contribution < 1.29 is 8.42 Å². The third kappa shape index (κ3) is 3.34. The molecule has 132 valence electrons. The highest BCUT2D eigenvalue weighted by molar-refractivity contribution is 7.89. The Hall–Kier alpha value is -2.11. The molecule has 1 heterocycles. The summed E-state index contributed by atoms with van der Waals surface area (Å²) in [4.78, 5) is 3.72. The van der Waals surface area contributed by atoms with Crippen molar-refractivity contribution in [2.24, 2.45) is 0 Å². The monoisotopic (exact) mass is 356 g/mol. The van der Waals surface area contributed by atoms with Crippen LogP contribution in [0, 0.1) is 27.7 Å². The zero-order chi connectivity index (χ0) is 18.2. The molecule has 2 N–H and O–H groups in total. The van der Waals surface area contributed by atoms with E-state index in [0.29, 0.717) is 17.9 Å². The van der Waals surface area contributed by atoms with E-state index in [1.54, 1.807) is 6.07 Å². The van der Waals surface area contributed by atoms with Crippen LogP contribution in [-0.2, 0) is 16.4 Å². The largest absolute Gasteiger partial charge is 0.358 e. The topological polar surface area (TPSA) is 62.0 Å². The van der Waals surface area contributed by atoms with E-state index >= 15 is 0 Å². The third-order valence-electron chi connectivity index (χ3n) is 4.99.